The first-order chi connectivity index (χ1) is 66.4. The second-order valence-corrected chi connectivity index (χ2v) is 44.5. The molecule has 139 heavy (non-hydrogen) atoms. The molecular formula is C138H137N. The van der Waals surface area contributed by atoms with E-state index in [1.807, 2.05) is 0 Å². The average molecular weight is 1810 g/mol. The van der Waals surface area contributed by atoms with Crippen LogP contribution in [-0.2, 0) is 37.9 Å². The summed E-state index contributed by atoms with van der Waals surface area (Å²) in [6, 6.07) is 162. The van der Waals surface area contributed by atoms with Crippen molar-refractivity contribution in [3.05, 3.63) is 488 Å². The van der Waals surface area contributed by atoms with E-state index in [2.05, 4.69) is 599 Å². The number of benzene rings is 21. The van der Waals surface area contributed by atoms with Crippen LogP contribution in [0.2, 0.25) is 0 Å². The number of aromatic nitrogens is 1. The van der Waals surface area contributed by atoms with Crippen molar-refractivity contribution in [2.75, 3.05) is 0 Å². The molecule has 0 aliphatic carbocycles. The van der Waals surface area contributed by atoms with Gasteiger partial charge in [0, 0.05) is 16.5 Å². The summed E-state index contributed by atoms with van der Waals surface area (Å²) in [5.41, 5.74) is 25.1. The summed E-state index contributed by atoms with van der Waals surface area (Å²) in [7, 11) is 0. The number of nitrogens with zero attached hydrogens (tertiary/aromatic N) is 1. The highest BCUT2D eigenvalue weighted by molar-refractivity contribution is 6.12. The quantitative estimate of drug-likeness (QED) is 0.151. The Balaban J connectivity index is 0.000000117. The molecule has 0 N–H and O–H groups in total. The average Bonchev–Trinajstić information content (AvgIpc) is 1.60. The van der Waals surface area contributed by atoms with Crippen LogP contribution in [-0.4, -0.2) is 4.57 Å². The molecule has 0 aliphatic rings. The maximum Gasteiger partial charge on any atom is 0.0541 e. The lowest BCUT2D eigenvalue weighted by atomic mass is 9.82. The Morgan fingerprint density at radius 3 is 1.01 bits per heavy atom. The summed E-state index contributed by atoms with van der Waals surface area (Å²) in [5, 5.41) is 23.9. The largest absolute Gasteiger partial charge is 0.309 e. The predicted molar refractivity (Wildman–Crippen MR) is 612 cm³/mol. The van der Waals surface area contributed by atoms with E-state index >= 15 is 0 Å². The lowest BCUT2D eigenvalue weighted by molar-refractivity contribution is 0.590. The van der Waals surface area contributed by atoms with Crippen molar-refractivity contribution >= 4 is 108 Å². The molecule has 1 aromatic heterocycles. The van der Waals surface area contributed by atoms with Gasteiger partial charge in [0.15, 0.2) is 0 Å². The van der Waals surface area contributed by atoms with Gasteiger partial charge in [-0.05, 0) is 256 Å². The molecule has 22 aromatic rings. The molecule has 1 heteroatoms. The van der Waals surface area contributed by atoms with Gasteiger partial charge in [0.2, 0.25) is 0 Å². The zero-order valence-corrected chi connectivity index (χ0v) is 85.7. The highest BCUT2D eigenvalue weighted by Crippen LogP contribution is 2.42. The summed E-state index contributed by atoms with van der Waals surface area (Å²) < 4.78 is 2.36. The minimum atomic E-state index is 0.157. The molecule has 21 aromatic carbocycles. The first kappa shape index (κ1) is 97.6. The Kier molecular flexibility index (Phi) is 28.8. The molecule has 0 radical (unpaired) electrons. The smallest absolute Gasteiger partial charge is 0.0541 e. The van der Waals surface area contributed by atoms with Crippen LogP contribution >= 0.6 is 0 Å². The van der Waals surface area contributed by atoms with Gasteiger partial charge >= 0.3 is 0 Å². The van der Waals surface area contributed by atoms with E-state index in [4.69, 9.17) is 0 Å². The lowest BCUT2D eigenvalue weighted by Crippen LogP contribution is -2.11. The highest BCUT2D eigenvalue weighted by Gasteiger charge is 2.24. The lowest BCUT2D eigenvalue weighted by Gasteiger charge is -2.22. The fourth-order valence-corrected chi connectivity index (χ4v) is 19.0. The summed E-state index contributed by atoms with van der Waals surface area (Å²) in [5.74, 6) is 0. The van der Waals surface area contributed by atoms with Crippen molar-refractivity contribution in [3.8, 4) is 50.2 Å². The molecule has 0 saturated heterocycles. The zero-order valence-electron chi connectivity index (χ0n) is 85.7. The van der Waals surface area contributed by atoms with E-state index in [9.17, 15) is 0 Å². The molecule has 694 valence electrons. The third kappa shape index (κ3) is 23.0. The van der Waals surface area contributed by atoms with Gasteiger partial charge in [-0.1, -0.05) is 546 Å². The van der Waals surface area contributed by atoms with Crippen LogP contribution in [0.25, 0.3) is 158 Å². The Labute approximate surface area is 828 Å². The fourth-order valence-electron chi connectivity index (χ4n) is 19.0. The normalized spacial score (nSPS) is 11.9. The Morgan fingerprint density at radius 1 is 0.137 bits per heavy atom. The predicted octanol–water partition coefficient (Wildman–Crippen LogP) is 39.9. The van der Waals surface area contributed by atoms with Gasteiger partial charge in [-0.3, -0.25) is 0 Å². The van der Waals surface area contributed by atoms with E-state index in [-0.39, 0.29) is 37.9 Å². The zero-order chi connectivity index (χ0) is 98.2. The molecule has 0 atom stereocenters. The second kappa shape index (κ2) is 41.0. The van der Waals surface area contributed by atoms with Crippen LogP contribution in [0.3, 0.4) is 0 Å². The fraction of sp³-hybridized carbons (Fsp3) is 0.203. The maximum absolute atomic E-state index is 2.36. The number of fused-ring (bicyclic) bond motifs is 13. The Hall–Kier alpha value is -14.5. The molecule has 1 heterocycles. The van der Waals surface area contributed by atoms with Crippen LogP contribution in [0.4, 0.5) is 0 Å². The van der Waals surface area contributed by atoms with Crippen molar-refractivity contribution in [3.63, 3.8) is 0 Å². The second-order valence-electron chi connectivity index (χ2n) is 44.5. The van der Waals surface area contributed by atoms with Gasteiger partial charge in [0.1, 0.15) is 0 Å². The summed E-state index contributed by atoms with van der Waals surface area (Å²) >= 11 is 0. The van der Waals surface area contributed by atoms with Crippen molar-refractivity contribution in [2.24, 2.45) is 0 Å². The van der Waals surface area contributed by atoms with Crippen LogP contribution in [0.5, 0.6) is 0 Å². The van der Waals surface area contributed by atoms with Gasteiger partial charge < -0.3 is 4.57 Å². The molecule has 22 rings (SSSR count). The number of para-hydroxylation sites is 2. The molecular weight excluding hydrogens is 1670 g/mol. The van der Waals surface area contributed by atoms with Crippen LogP contribution in [0, 0.1) is 0 Å². The molecule has 0 unspecified atom stereocenters. The summed E-state index contributed by atoms with van der Waals surface area (Å²) in [6.07, 6.45) is 0. The minimum absolute atomic E-state index is 0.157. The summed E-state index contributed by atoms with van der Waals surface area (Å²) in [4.78, 5) is 0. The van der Waals surface area contributed by atoms with Crippen LogP contribution in [0.1, 0.15) is 184 Å². The monoisotopic (exact) mass is 1810 g/mol. The van der Waals surface area contributed by atoms with Gasteiger partial charge in [-0.2, -0.15) is 0 Å². The van der Waals surface area contributed by atoms with Crippen molar-refractivity contribution < 1.29 is 0 Å². The van der Waals surface area contributed by atoms with Gasteiger partial charge in [0.25, 0.3) is 0 Å². The molecule has 1 nitrogen and oxygen atoms in total. The molecule has 0 fully saturated rings. The van der Waals surface area contributed by atoms with E-state index < -0.39 is 0 Å². The number of rotatable bonds is 5. The van der Waals surface area contributed by atoms with E-state index in [0.29, 0.717) is 0 Å². The Bertz CT molecular complexity index is 8000. The topological polar surface area (TPSA) is 4.93 Å². The van der Waals surface area contributed by atoms with Crippen LogP contribution < -0.4 is 0 Å². The summed E-state index contributed by atoms with van der Waals surface area (Å²) in [6.45, 7) is 47.5. The third-order valence-corrected chi connectivity index (χ3v) is 27.1. The third-order valence-electron chi connectivity index (χ3n) is 27.1. The number of hydrogen-bond acceptors (Lipinski definition) is 0. The first-order valence-corrected chi connectivity index (χ1v) is 49.7. The minimum Gasteiger partial charge on any atom is -0.309 e. The molecule has 0 amide bonds. The molecule has 0 spiro atoms. The van der Waals surface area contributed by atoms with Crippen molar-refractivity contribution in [1.29, 1.82) is 0 Å². The highest BCUT2D eigenvalue weighted by atomic mass is 15.0. The molecule has 0 saturated carbocycles. The van der Waals surface area contributed by atoms with E-state index in [0.717, 1.165) is 0 Å². The van der Waals surface area contributed by atoms with E-state index in [1.54, 1.807) is 0 Å². The molecule has 0 aliphatic heterocycles. The van der Waals surface area contributed by atoms with Gasteiger partial charge in [0.05, 0.1) is 11.0 Å². The maximum atomic E-state index is 2.36. The van der Waals surface area contributed by atoms with Crippen molar-refractivity contribution in [2.45, 2.75) is 183 Å². The SMILES string of the molecule is CC(C)(C)c1cc2ccccc2c2ccccc12.CC(C)(C)c1ccc(-c2ccc3ccccc3c2)cc1.CC(C)(C)c1ccc(-c2cccc3ccccc23)cc1.CC(C)(C)c1ccc(-c2ccccc2)c2ccccc12.CC(C)(C)c1ccc2c(c1)c1ccccc1n2-c1ccccc1.CC(C)(C)c1ccc2c(ccc3ccccc32)c1.CC(C)(C)c1ccc2cc(-c3ccccc3)ccc2c1. The molecule has 0 bridgehead atoms. The standard InChI is InChI=1S/C22H21N.4C20H20.2C18H18/c1-22(2,3)16-13-14-21-19(15-16)18-11-7-8-12-20(18)23(21)17-9-5-4-6-10-17;1-20(2,3)17-13-11-16(12-14-17)19-10-6-8-15-7-4-5-9-18(15)19;1-20(2,3)19-14-13-16(15-9-5-4-6-10-15)17-11-7-8-12-18(17)19;1-20(2,3)19-12-10-16(11-13-19)18-9-8-15-6-4-5-7-17(15)14-18;1-20(2,3)19-12-11-17-13-16(9-10-18(17)14-19)15-7-5-4-6-8-15;1-18(2,3)17-12-13-8-4-5-9-14(13)15-10-6-7-11-16(15)17;1-18(2,3)15-10-11-17-14(12-15)9-8-13-6-4-5-7-16(13)17/h4-15H,1-3H3;4*4-14H,1-3H3;2*4-12H,1-3H3. The number of hydrogen-bond donors (Lipinski definition) is 0. The van der Waals surface area contributed by atoms with Gasteiger partial charge in [-0.25, -0.2) is 0 Å². The van der Waals surface area contributed by atoms with E-state index in [1.165, 1.54) is 197 Å². The van der Waals surface area contributed by atoms with Crippen LogP contribution in [0.15, 0.2) is 449 Å². The first-order valence-electron chi connectivity index (χ1n) is 49.7. The van der Waals surface area contributed by atoms with Crippen molar-refractivity contribution in [1.82, 2.24) is 4.57 Å². The van der Waals surface area contributed by atoms with Gasteiger partial charge in [-0.15, -0.1) is 0 Å². The Morgan fingerprint density at radius 2 is 0.453 bits per heavy atom.